The topological polar surface area (TPSA) is 26.0 Å². The summed E-state index contributed by atoms with van der Waals surface area (Å²) in [4.78, 5) is 0. The highest BCUT2D eigenvalue weighted by molar-refractivity contribution is 5.30. The first-order valence-electron chi connectivity index (χ1n) is 4.99. The first-order valence-corrected chi connectivity index (χ1v) is 4.99. The number of rotatable bonds is 3. The highest BCUT2D eigenvalue weighted by Gasteiger charge is 2.35. The Bertz CT molecular complexity index is 423. The van der Waals surface area contributed by atoms with Crippen LogP contribution in [0.15, 0.2) is 30.4 Å². The predicted octanol–water partition coefficient (Wildman–Crippen LogP) is 3.81. The highest BCUT2D eigenvalue weighted by atomic mass is 19.4. The summed E-state index contributed by atoms with van der Waals surface area (Å²) in [6, 6.07) is 2.30. The second kappa shape index (κ2) is 4.87. The van der Waals surface area contributed by atoms with E-state index in [2.05, 4.69) is 6.58 Å². The second-order valence-electron chi connectivity index (χ2n) is 3.97. The van der Waals surface area contributed by atoms with Crippen molar-refractivity contribution in [1.82, 2.24) is 0 Å². The van der Waals surface area contributed by atoms with Crippen molar-refractivity contribution >= 4 is 0 Å². The molecule has 0 aromatic heterocycles. The lowest BCUT2D eigenvalue weighted by molar-refractivity contribution is -0.140. The number of nitrogens with two attached hydrogens (primary N) is 1. The van der Waals surface area contributed by atoms with Crippen LogP contribution in [0.5, 0.6) is 0 Å². The molecule has 1 rings (SSSR count). The van der Waals surface area contributed by atoms with E-state index in [0.717, 1.165) is 6.07 Å². The molecule has 94 valence electrons. The number of alkyl halides is 3. The summed E-state index contributed by atoms with van der Waals surface area (Å²) in [6.07, 6.45) is -4.46. The molecule has 0 radical (unpaired) electrons. The molecule has 0 bridgehead atoms. The molecule has 1 atom stereocenters. The Morgan fingerprint density at radius 3 is 2.47 bits per heavy atom. The Morgan fingerprint density at radius 2 is 2.00 bits per heavy atom. The largest absolute Gasteiger partial charge is 0.419 e. The van der Waals surface area contributed by atoms with Crippen LogP contribution in [0.4, 0.5) is 17.6 Å². The third-order valence-electron chi connectivity index (χ3n) is 2.30. The third kappa shape index (κ3) is 3.30. The van der Waals surface area contributed by atoms with E-state index in [1.807, 2.05) is 0 Å². The molecule has 1 aromatic rings. The lowest BCUT2D eigenvalue weighted by Crippen LogP contribution is -2.16. The maximum atomic E-state index is 13.6. The Kier molecular flexibility index (Phi) is 3.93. The Labute approximate surface area is 96.9 Å². The molecular formula is C12H13F4N. The van der Waals surface area contributed by atoms with E-state index >= 15 is 0 Å². The summed E-state index contributed by atoms with van der Waals surface area (Å²) in [5, 5.41) is 0. The van der Waals surface area contributed by atoms with Crippen molar-refractivity contribution in [1.29, 1.82) is 0 Å². The van der Waals surface area contributed by atoms with Crippen molar-refractivity contribution in [2.45, 2.75) is 25.6 Å². The van der Waals surface area contributed by atoms with Crippen molar-refractivity contribution in [3.63, 3.8) is 0 Å². The minimum atomic E-state index is -4.71. The quantitative estimate of drug-likeness (QED) is 0.638. The van der Waals surface area contributed by atoms with Crippen LogP contribution >= 0.6 is 0 Å². The van der Waals surface area contributed by atoms with Crippen LogP contribution in [0.25, 0.3) is 0 Å². The second-order valence-corrected chi connectivity index (χ2v) is 3.97. The first-order chi connectivity index (χ1) is 7.73. The fourth-order valence-electron chi connectivity index (χ4n) is 1.54. The molecule has 0 spiro atoms. The molecule has 0 unspecified atom stereocenters. The first kappa shape index (κ1) is 13.7. The average molecular weight is 247 g/mol. The van der Waals surface area contributed by atoms with Gasteiger partial charge in [-0.1, -0.05) is 17.7 Å². The van der Waals surface area contributed by atoms with Gasteiger partial charge in [-0.15, -0.1) is 6.58 Å². The number of benzene rings is 1. The van der Waals surface area contributed by atoms with Gasteiger partial charge in [-0.05, 0) is 19.4 Å². The smallest absolute Gasteiger partial charge is 0.324 e. The predicted molar refractivity (Wildman–Crippen MR) is 57.8 cm³/mol. The zero-order chi connectivity index (χ0) is 13.2. The number of hydrogen-bond donors (Lipinski definition) is 1. The molecule has 17 heavy (non-hydrogen) atoms. The fourth-order valence-corrected chi connectivity index (χ4v) is 1.54. The molecule has 0 amide bonds. The van der Waals surface area contributed by atoms with Gasteiger partial charge >= 0.3 is 6.18 Å². The molecule has 2 N–H and O–H groups in total. The van der Waals surface area contributed by atoms with Crippen LogP contribution in [0.2, 0.25) is 0 Å². The molecular weight excluding hydrogens is 234 g/mol. The fraction of sp³-hybridized carbons (Fsp3) is 0.333. The minimum Gasteiger partial charge on any atom is -0.324 e. The van der Waals surface area contributed by atoms with E-state index in [0.29, 0.717) is 11.6 Å². The van der Waals surface area contributed by atoms with E-state index in [1.54, 1.807) is 6.92 Å². The molecule has 1 aromatic carbocycles. The van der Waals surface area contributed by atoms with Gasteiger partial charge in [-0.2, -0.15) is 13.2 Å². The Hall–Kier alpha value is -1.36. The molecule has 1 nitrogen and oxygen atoms in total. The minimum absolute atomic E-state index is 0.136. The van der Waals surface area contributed by atoms with Crippen LogP contribution < -0.4 is 5.73 Å². The monoisotopic (exact) mass is 247 g/mol. The van der Waals surface area contributed by atoms with Crippen LogP contribution in [0.1, 0.15) is 30.5 Å². The van der Waals surface area contributed by atoms with Gasteiger partial charge in [0.25, 0.3) is 0 Å². The van der Waals surface area contributed by atoms with Crippen molar-refractivity contribution < 1.29 is 17.6 Å². The summed E-state index contributed by atoms with van der Waals surface area (Å²) in [5.41, 5.74) is 4.91. The van der Waals surface area contributed by atoms with Crippen LogP contribution in [-0.2, 0) is 6.18 Å². The van der Waals surface area contributed by atoms with Crippen LogP contribution in [0, 0.1) is 5.82 Å². The summed E-state index contributed by atoms with van der Waals surface area (Å²) >= 11 is 0. The summed E-state index contributed by atoms with van der Waals surface area (Å²) in [5.74, 6) is -1.30. The maximum Gasteiger partial charge on any atom is 0.419 e. The van der Waals surface area contributed by atoms with E-state index in [-0.39, 0.29) is 12.0 Å². The lowest BCUT2D eigenvalue weighted by Gasteiger charge is -2.16. The molecule has 0 fully saturated rings. The van der Waals surface area contributed by atoms with Crippen LogP contribution in [0.3, 0.4) is 0 Å². The average Bonchev–Trinajstić information content (AvgIpc) is 2.14. The Morgan fingerprint density at radius 1 is 1.41 bits per heavy atom. The molecule has 0 aliphatic carbocycles. The Balaban J connectivity index is 3.15. The van der Waals surface area contributed by atoms with Gasteiger partial charge < -0.3 is 5.73 Å². The molecule has 0 saturated carbocycles. The van der Waals surface area contributed by atoms with E-state index in [1.165, 1.54) is 6.07 Å². The maximum absolute atomic E-state index is 13.6. The zero-order valence-electron chi connectivity index (χ0n) is 9.31. The molecule has 0 heterocycles. The summed E-state index contributed by atoms with van der Waals surface area (Å²) in [6.45, 7) is 5.28. The van der Waals surface area contributed by atoms with Gasteiger partial charge in [-0.3, -0.25) is 0 Å². The van der Waals surface area contributed by atoms with Gasteiger partial charge in [0, 0.05) is 11.6 Å². The third-order valence-corrected chi connectivity index (χ3v) is 2.30. The number of halogens is 4. The lowest BCUT2D eigenvalue weighted by atomic mass is 9.98. The van der Waals surface area contributed by atoms with E-state index < -0.39 is 23.6 Å². The van der Waals surface area contributed by atoms with Crippen molar-refractivity contribution in [2.75, 3.05) is 0 Å². The SMILES string of the molecule is C=C(C)C[C@@H](N)c1cccc(C(F)(F)F)c1F. The van der Waals surface area contributed by atoms with Gasteiger partial charge in [-0.25, -0.2) is 4.39 Å². The van der Waals surface area contributed by atoms with Crippen molar-refractivity contribution in [3.8, 4) is 0 Å². The summed E-state index contributed by atoms with van der Waals surface area (Å²) < 4.78 is 51.0. The van der Waals surface area contributed by atoms with Crippen molar-refractivity contribution in [3.05, 3.63) is 47.3 Å². The zero-order valence-corrected chi connectivity index (χ0v) is 9.31. The highest BCUT2D eigenvalue weighted by Crippen LogP contribution is 2.34. The van der Waals surface area contributed by atoms with Gasteiger partial charge in [0.1, 0.15) is 5.82 Å². The van der Waals surface area contributed by atoms with Crippen LogP contribution in [-0.4, -0.2) is 0 Å². The normalized spacial score (nSPS) is 13.5. The van der Waals surface area contributed by atoms with Gasteiger partial charge in [0.2, 0.25) is 0 Å². The summed E-state index contributed by atoms with van der Waals surface area (Å²) in [7, 11) is 0. The standard InChI is InChI=1S/C12H13F4N/c1-7(2)6-10(17)8-4-3-5-9(11(8)13)12(14,15)16/h3-5,10H,1,6,17H2,2H3/t10-/m1/s1. The number of hydrogen-bond acceptors (Lipinski definition) is 1. The molecule has 0 aliphatic rings. The molecule has 0 aliphatic heterocycles. The van der Waals surface area contributed by atoms with Crippen molar-refractivity contribution in [2.24, 2.45) is 5.73 Å². The van der Waals surface area contributed by atoms with E-state index in [4.69, 9.17) is 5.73 Å². The molecule has 5 heteroatoms. The van der Waals surface area contributed by atoms with Gasteiger partial charge in [0.05, 0.1) is 5.56 Å². The molecule has 0 saturated heterocycles. The van der Waals surface area contributed by atoms with Gasteiger partial charge in [0.15, 0.2) is 0 Å². The van der Waals surface area contributed by atoms with E-state index in [9.17, 15) is 17.6 Å².